The number of aromatic nitrogens is 1. The second kappa shape index (κ2) is 7.53. The third-order valence-electron chi connectivity index (χ3n) is 2.96. The van der Waals surface area contributed by atoms with Crippen molar-refractivity contribution in [2.24, 2.45) is 5.73 Å². The lowest BCUT2D eigenvalue weighted by Crippen LogP contribution is -2.31. The molecule has 0 aromatic carbocycles. The summed E-state index contributed by atoms with van der Waals surface area (Å²) in [6, 6.07) is 3.78. The van der Waals surface area contributed by atoms with Gasteiger partial charge in [0.25, 0.3) is 5.91 Å². The number of hydrogen-bond donors (Lipinski definition) is 1. The maximum atomic E-state index is 12.1. The molecular weight excluding hydrogens is 287 g/mol. The van der Waals surface area contributed by atoms with Crippen LogP contribution in [0.15, 0.2) is 18.3 Å². The van der Waals surface area contributed by atoms with Gasteiger partial charge in [0.15, 0.2) is 0 Å². The molecular formula is C12H20Cl2N4O. The standard InChI is InChI=1S/C12H18N4O.2ClH/c1-15(2)11-4-3-9(7-14-11)12(17)16-6-5-10(13)8-16;;/h3-4,7,10H,5-6,8,13H2,1-2H3;2*1H/t10-;;/m1../s1. The van der Waals surface area contributed by atoms with Crippen molar-refractivity contribution in [3.05, 3.63) is 23.9 Å². The summed E-state index contributed by atoms with van der Waals surface area (Å²) < 4.78 is 0. The number of amides is 1. The van der Waals surface area contributed by atoms with E-state index in [-0.39, 0.29) is 36.8 Å². The molecule has 108 valence electrons. The van der Waals surface area contributed by atoms with E-state index in [9.17, 15) is 4.79 Å². The van der Waals surface area contributed by atoms with Crippen molar-refractivity contribution in [3.63, 3.8) is 0 Å². The number of likely N-dealkylation sites (tertiary alicyclic amines) is 1. The van der Waals surface area contributed by atoms with Gasteiger partial charge < -0.3 is 15.5 Å². The van der Waals surface area contributed by atoms with Crippen molar-refractivity contribution >= 4 is 36.5 Å². The first kappa shape index (κ1) is 18.0. The Kier molecular flexibility index (Phi) is 7.11. The second-order valence-electron chi connectivity index (χ2n) is 4.60. The molecule has 0 spiro atoms. The highest BCUT2D eigenvalue weighted by molar-refractivity contribution is 5.94. The smallest absolute Gasteiger partial charge is 0.255 e. The molecule has 2 rings (SSSR count). The molecule has 7 heteroatoms. The molecule has 1 aromatic rings. The molecule has 5 nitrogen and oxygen atoms in total. The molecule has 1 atom stereocenters. The lowest BCUT2D eigenvalue weighted by molar-refractivity contribution is 0.0790. The van der Waals surface area contributed by atoms with Crippen LogP contribution in [0.3, 0.4) is 0 Å². The van der Waals surface area contributed by atoms with Gasteiger partial charge >= 0.3 is 0 Å². The molecule has 1 amide bonds. The van der Waals surface area contributed by atoms with E-state index in [1.165, 1.54) is 0 Å². The number of nitrogens with two attached hydrogens (primary N) is 1. The molecule has 0 bridgehead atoms. The highest BCUT2D eigenvalue weighted by Gasteiger charge is 2.24. The van der Waals surface area contributed by atoms with Gasteiger partial charge in [-0.3, -0.25) is 4.79 Å². The maximum absolute atomic E-state index is 12.1. The van der Waals surface area contributed by atoms with E-state index in [2.05, 4.69) is 4.98 Å². The summed E-state index contributed by atoms with van der Waals surface area (Å²) in [5, 5.41) is 0. The zero-order valence-electron chi connectivity index (χ0n) is 11.1. The Morgan fingerprint density at radius 2 is 2.11 bits per heavy atom. The Morgan fingerprint density at radius 1 is 1.42 bits per heavy atom. The van der Waals surface area contributed by atoms with Gasteiger partial charge in [0.2, 0.25) is 0 Å². The number of carbonyl (C=O) groups is 1. The molecule has 0 aliphatic carbocycles. The number of carbonyl (C=O) groups excluding carboxylic acids is 1. The summed E-state index contributed by atoms with van der Waals surface area (Å²) in [7, 11) is 3.84. The molecule has 0 unspecified atom stereocenters. The first-order valence-corrected chi connectivity index (χ1v) is 5.76. The van der Waals surface area contributed by atoms with E-state index in [0.717, 1.165) is 18.8 Å². The Morgan fingerprint density at radius 3 is 2.53 bits per heavy atom. The minimum absolute atomic E-state index is 0. The van der Waals surface area contributed by atoms with Crippen molar-refractivity contribution in [2.75, 3.05) is 32.1 Å². The van der Waals surface area contributed by atoms with Crippen LogP contribution in [0.25, 0.3) is 0 Å². The number of rotatable bonds is 2. The van der Waals surface area contributed by atoms with Crippen molar-refractivity contribution < 1.29 is 4.79 Å². The molecule has 1 aliphatic rings. The summed E-state index contributed by atoms with van der Waals surface area (Å²) >= 11 is 0. The number of halogens is 2. The van der Waals surface area contributed by atoms with E-state index >= 15 is 0 Å². The average Bonchev–Trinajstić information content (AvgIpc) is 2.75. The van der Waals surface area contributed by atoms with Gasteiger partial charge in [0, 0.05) is 39.4 Å². The van der Waals surface area contributed by atoms with Crippen molar-refractivity contribution in [1.29, 1.82) is 0 Å². The minimum Gasteiger partial charge on any atom is -0.363 e. The van der Waals surface area contributed by atoms with Crippen LogP contribution in [0.5, 0.6) is 0 Å². The van der Waals surface area contributed by atoms with Crippen molar-refractivity contribution in [1.82, 2.24) is 9.88 Å². The quantitative estimate of drug-likeness (QED) is 0.891. The third-order valence-corrected chi connectivity index (χ3v) is 2.96. The lowest BCUT2D eigenvalue weighted by Gasteiger charge is -2.16. The van der Waals surface area contributed by atoms with Gasteiger partial charge in [-0.05, 0) is 18.6 Å². The number of nitrogens with zero attached hydrogens (tertiary/aromatic N) is 3. The fourth-order valence-corrected chi connectivity index (χ4v) is 1.93. The molecule has 1 aromatic heterocycles. The number of anilines is 1. The highest BCUT2D eigenvalue weighted by atomic mass is 35.5. The Hall–Kier alpha value is -1.04. The van der Waals surface area contributed by atoms with E-state index < -0.39 is 0 Å². The SMILES string of the molecule is CN(C)c1ccc(C(=O)N2CC[C@@H](N)C2)cn1.Cl.Cl. The summed E-state index contributed by atoms with van der Waals surface area (Å²) in [5.74, 6) is 0.871. The third kappa shape index (κ3) is 4.23. The molecule has 2 N–H and O–H groups in total. The van der Waals surface area contributed by atoms with E-state index in [4.69, 9.17) is 5.73 Å². The van der Waals surface area contributed by atoms with Crippen molar-refractivity contribution in [2.45, 2.75) is 12.5 Å². The van der Waals surface area contributed by atoms with Crippen molar-refractivity contribution in [3.8, 4) is 0 Å². The van der Waals surface area contributed by atoms with Gasteiger partial charge in [-0.25, -0.2) is 4.98 Å². The monoisotopic (exact) mass is 306 g/mol. The second-order valence-corrected chi connectivity index (χ2v) is 4.60. The predicted molar refractivity (Wildman–Crippen MR) is 81.6 cm³/mol. The molecule has 1 fully saturated rings. The zero-order valence-corrected chi connectivity index (χ0v) is 12.7. The van der Waals surface area contributed by atoms with Crippen LogP contribution >= 0.6 is 24.8 Å². The largest absolute Gasteiger partial charge is 0.363 e. The molecule has 2 heterocycles. The Balaban J connectivity index is 0.00000162. The van der Waals surface area contributed by atoms with Crippen LogP contribution < -0.4 is 10.6 Å². The fourth-order valence-electron chi connectivity index (χ4n) is 1.93. The number of pyridine rings is 1. The first-order valence-electron chi connectivity index (χ1n) is 5.76. The van der Waals surface area contributed by atoms with Gasteiger partial charge in [0.05, 0.1) is 5.56 Å². The van der Waals surface area contributed by atoms with Crippen LogP contribution in [0.1, 0.15) is 16.8 Å². The highest BCUT2D eigenvalue weighted by Crippen LogP contribution is 2.14. The van der Waals surface area contributed by atoms with Crippen LogP contribution in [-0.2, 0) is 0 Å². The van der Waals surface area contributed by atoms with Gasteiger partial charge in [0.1, 0.15) is 5.82 Å². The first-order chi connectivity index (χ1) is 8.08. The fraction of sp³-hybridized carbons (Fsp3) is 0.500. The van der Waals surface area contributed by atoms with Gasteiger partial charge in [-0.1, -0.05) is 0 Å². The zero-order chi connectivity index (χ0) is 12.4. The molecule has 1 saturated heterocycles. The van der Waals surface area contributed by atoms with Crippen LogP contribution in [-0.4, -0.2) is 49.0 Å². The van der Waals surface area contributed by atoms with E-state index in [0.29, 0.717) is 12.1 Å². The molecule has 0 saturated carbocycles. The summed E-state index contributed by atoms with van der Waals surface area (Å²) in [5.41, 5.74) is 6.42. The van der Waals surface area contributed by atoms with E-state index in [1.54, 1.807) is 11.1 Å². The molecule has 0 radical (unpaired) electrons. The van der Waals surface area contributed by atoms with Crippen LogP contribution in [0.4, 0.5) is 5.82 Å². The van der Waals surface area contributed by atoms with Gasteiger partial charge in [-0.2, -0.15) is 0 Å². The topological polar surface area (TPSA) is 62.5 Å². The van der Waals surface area contributed by atoms with Gasteiger partial charge in [-0.15, -0.1) is 24.8 Å². The Bertz CT molecular complexity index is 411. The van der Waals surface area contributed by atoms with E-state index in [1.807, 2.05) is 31.1 Å². The maximum Gasteiger partial charge on any atom is 0.255 e. The predicted octanol–water partition coefficient (Wildman–Crippen LogP) is 1.16. The van der Waals surface area contributed by atoms with Crippen LogP contribution in [0, 0.1) is 0 Å². The lowest BCUT2D eigenvalue weighted by atomic mass is 10.2. The summed E-state index contributed by atoms with van der Waals surface area (Å²) in [6.45, 7) is 1.39. The minimum atomic E-state index is 0. The summed E-state index contributed by atoms with van der Waals surface area (Å²) in [4.78, 5) is 20.0. The van der Waals surface area contributed by atoms with Crippen LogP contribution in [0.2, 0.25) is 0 Å². The molecule has 19 heavy (non-hydrogen) atoms. The summed E-state index contributed by atoms with van der Waals surface area (Å²) in [6.07, 6.45) is 2.51. The number of hydrogen-bond acceptors (Lipinski definition) is 4. The Labute approximate surface area is 126 Å². The molecule has 1 aliphatic heterocycles. The average molecular weight is 307 g/mol. The normalized spacial score (nSPS) is 17.4.